The molecule has 8 nitrogen and oxygen atoms in total. The number of benzene rings is 2. The molecule has 0 saturated carbocycles. The van der Waals surface area contributed by atoms with Gasteiger partial charge in [-0.1, -0.05) is 50.2 Å². The molecule has 200 valence electrons. The van der Waals surface area contributed by atoms with Crippen molar-refractivity contribution in [2.24, 2.45) is 10.1 Å². The van der Waals surface area contributed by atoms with Crippen LogP contribution in [-0.2, 0) is 11.3 Å². The summed E-state index contributed by atoms with van der Waals surface area (Å²) >= 11 is 1.26. The topological polar surface area (TPSA) is 95.9 Å². The van der Waals surface area contributed by atoms with Crippen LogP contribution in [0.1, 0.15) is 42.9 Å². The first-order valence-corrected chi connectivity index (χ1v) is 14.1. The number of hydrazone groups is 1. The Labute approximate surface area is 236 Å². The van der Waals surface area contributed by atoms with Crippen molar-refractivity contribution in [3.63, 3.8) is 0 Å². The molecule has 1 amide bonds. The van der Waals surface area contributed by atoms with E-state index in [1.807, 2.05) is 48.7 Å². The maximum Gasteiger partial charge on any atom is 0.283 e. The van der Waals surface area contributed by atoms with E-state index in [1.54, 1.807) is 18.5 Å². The Hall–Kier alpha value is -4.50. The minimum atomic E-state index is -0.451. The van der Waals surface area contributed by atoms with Gasteiger partial charge >= 0.3 is 0 Å². The van der Waals surface area contributed by atoms with Gasteiger partial charge in [0, 0.05) is 40.6 Å². The lowest BCUT2D eigenvalue weighted by Gasteiger charge is -2.20. The molecule has 0 bridgehead atoms. The summed E-state index contributed by atoms with van der Waals surface area (Å²) in [6.45, 7) is 5.53. The highest BCUT2D eigenvalue weighted by Crippen LogP contribution is 2.32. The van der Waals surface area contributed by atoms with E-state index in [9.17, 15) is 4.79 Å². The molecule has 1 N–H and O–H groups in total. The lowest BCUT2D eigenvalue weighted by Crippen LogP contribution is -2.35. The van der Waals surface area contributed by atoms with Gasteiger partial charge in [-0.2, -0.15) is 15.1 Å². The number of thioether (sulfide) groups is 1. The van der Waals surface area contributed by atoms with E-state index in [0.29, 0.717) is 29.3 Å². The Morgan fingerprint density at radius 3 is 2.75 bits per heavy atom. The standard InChI is InChI=1S/C31H28N6O2S/c1-3-20(2)23-10-5-7-13-27(23)39-16-15-36-19-22(24-11-4-6-12-26(24)36)17-25-28(32)37-31(34-29(25)38)40-30(35-37)21-9-8-14-33-18-21/h4-14,17-20,32H,3,15-16H2,1-2H3. The second kappa shape index (κ2) is 10.9. The summed E-state index contributed by atoms with van der Waals surface area (Å²) in [7, 11) is 0. The molecular weight excluding hydrogens is 520 g/mol. The third kappa shape index (κ3) is 4.84. The third-order valence-electron chi connectivity index (χ3n) is 7.13. The fourth-order valence-electron chi connectivity index (χ4n) is 4.82. The summed E-state index contributed by atoms with van der Waals surface area (Å²) in [6, 6.07) is 20.0. The number of nitrogens with zero attached hydrogens (tertiary/aromatic N) is 5. The van der Waals surface area contributed by atoms with Crippen molar-refractivity contribution in [3.8, 4) is 5.75 Å². The van der Waals surface area contributed by atoms with E-state index in [4.69, 9.17) is 10.1 Å². The molecule has 1 unspecified atom stereocenters. The minimum Gasteiger partial charge on any atom is -0.491 e. The number of pyridine rings is 1. The van der Waals surface area contributed by atoms with Gasteiger partial charge in [0.25, 0.3) is 5.91 Å². The van der Waals surface area contributed by atoms with Gasteiger partial charge in [-0.15, -0.1) is 0 Å². The number of fused-ring (bicyclic) bond motifs is 2. The molecule has 0 aliphatic carbocycles. The highest BCUT2D eigenvalue weighted by molar-refractivity contribution is 8.27. The van der Waals surface area contributed by atoms with Gasteiger partial charge in [0.15, 0.2) is 5.84 Å². The van der Waals surface area contributed by atoms with Gasteiger partial charge in [0.2, 0.25) is 5.17 Å². The number of carbonyl (C=O) groups excluding carboxylic acids is 1. The first-order valence-electron chi connectivity index (χ1n) is 13.2. The maximum absolute atomic E-state index is 13.1. The molecule has 2 aliphatic heterocycles. The number of rotatable bonds is 8. The summed E-state index contributed by atoms with van der Waals surface area (Å²) in [6.07, 6.45) is 8.19. The summed E-state index contributed by atoms with van der Waals surface area (Å²) in [5.74, 6) is 0.892. The molecule has 2 aromatic carbocycles. The number of hydrogen-bond donors (Lipinski definition) is 1. The number of hydrogen-bond acceptors (Lipinski definition) is 6. The first-order chi connectivity index (χ1) is 19.5. The Morgan fingerprint density at radius 1 is 1.10 bits per heavy atom. The zero-order chi connectivity index (χ0) is 27.6. The minimum absolute atomic E-state index is 0.00297. The van der Waals surface area contributed by atoms with Crippen LogP contribution in [0, 0.1) is 5.41 Å². The van der Waals surface area contributed by atoms with Crippen molar-refractivity contribution in [2.45, 2.75) is 32.7 Å². The van der Waals surface area contributed by atoms with Crippen molar-refractivity contribution < 1.29 is 9.53 Å². The Morgan fingerprint density at radius 2 is 1.93 bits per heavy atom. The number of ether oxygens (including phenoxy) is 1. The molecule has 0 radical (unpaired) electrons. The number of amides is 1. The van der Waals surface area contributed by atoms with Crippen LogP contribution in [0.15, 0.2) is 94.9 Å². The summed E-state index contributed by atoms with van der Waals surface area (Å²) < 4.78 is 8.36. The van der Waals surface area contributed by atoms with Crippen molar-refractivity contribution in [2.75, 3.05) is 6.61 Å². The van der Waals surface area contributed by atoms with Crippen LogP contribution < -0.4 is 4.74 Å². The maximum atomic E-state index is 13.1. The van der Waals surface area contributed by atoms with Crippen LogP contribution in [0.2, 0.25) is 0 Å². The fraction of sp³-hybridized carbons (Fsp3) is 0.194. The molecule has 6 rings (SSSR count). The molecule has 4 aromatic rings. The van der Waals surface area contributed by atoms with Crippen molar-refractivity contribution in [3.05, 3.63) is 102 Å². The van der Waals surface area contributed by atoms with Crippen LogP contribution in [-0.4, -0.2) is 43.1 Å². The molecule has 1 atom stereocenters. The number of aliphatic imine (C=N–C) groups is 1. The van der Waals surface area contributed by atoms with Crippen molar-refractivity contribution in [1.29, 1.82) is 5.41 Å². The fourth-order valence-corrected chi connectivity index (χ4v) is 5.70. The van der Waals surface area contributed by atoms with Crippen LogP contribution in [0.4, 0.5) is 0 Å². The Kier molecular flexibility index (Phi) is 7.04. The highest BCUT2D eigenvalue weighted by Gasteiger charge is 2.36. The number of amidine groups is 2. The van der Waals surface area contributed by atoms with E-state index in [2.05, 4.69) is 51.7 Å². The lowest BCUT2D eigenvalue weighted by atomic mass is 9.98. The van der Waals surface area contributed by atoms with Gasteiger partial charge in [-0.25, -0.2) is 0 Å². The van der Waals surface area contributed by atoms with E-state index in [-0.39, 0.29) is 11.4 Å². The van der Waals surface area contributed by atoms with Crippen molar-refractivity contribution >= 4 is 50.7 Å². The number of aromatic nitrogens is 2. The van der Waals surface area contributed by atoms with E-state index in [0.717, 1.165) is 34.2 Å². The average Bonchev–Trinajstić information content (AvgIpc) is 3.57. The molecule has 4 heterocycles. The van der Waals surface area contributed by atoms with Gasteiger partial charge in [0.1, 0.15) is 17.4 Å². The molecule has 0 saturated heterocycles. The molecule has 9 heteroatoms. The first kappa shape index (κ1) is 25.8. The molecule has 0 fully saturated rings. The van der Waals surface area contributed by atoms with E-state index >= 15 is 0 Å². The van der Waals surface area contributed by atoms with Crippen LogP contribution in [0.3, 0.4) is 0 Å². The largest absolute Gasteiger partial charge is 0.491 e. The average molecular weight is 549 g/mol. The van der Waals surface area contributed by atoms with Gasteiger partial charge in [-0.05, 0) is 60.0 Å². The second-order valence-electron chi connectivity index (χ2n) is 9.66. The normalized spacial score (nSPS) is 16.8. The smallest absolute Gasteiger partial charge is 0.283 e. The molecular formula is C31H28N6O2S. The Bertz CT molecular complexity index is 1710. The van der Waals surface area contributed by atoms with Crippen LogP contribution in [0.5, 0.6) is 5.75 Å². The quantitative estimate of drug-likeness (QED) is 0.261. The summed E-state index contributed by atoms with van der Waals surface area (Å²) in [5.41, 5.74) is 4.09. The summed E-state index contributed by atoms with van der Waals surface area (Å²) in [5, 5.41) is 16.8. The zero-order valence-corrected chi connectivity index (χ0v) is 23.1. The van der Waals surface area contributed by atoms with Crippen LogP contribution in [0.25, 0.3) is 17.0 Å². The summed E-state index contributed by atoms with van der Waals surface area (Å²) in [4.78, 5) is 21.4. The predicted molar refractivity (Wildman–Crippen MR) is 161 cm³/mol. The van der Waals surface area contributed by atoms with Gasteiger partial charge in [-0.3, -0.25) is 15.2 Å². The zero-order valence-electron chi connectivity index (χ0n) is 22.2. The monoisotopic (exact) mass is 548 g/mol. The number of para-hydroxylation sites is 2. The highest BCUT2D eigenvalue weighted by atomic mass is 32.2. The molecule has 0 spiro atoms. The van der Waals surface area contributed by atoms with Gasteiger partial charge in [0.05, 0.1) is 12.1 Å². The predicted octanol–water partition coefficient (Wildman–Crippen LogP) is 6.30. The van der Waals surface area contributed by atoms with E-state index in [1.165, 1.54) is 22.3 Å². The third-order valence-corrected chi connectivity index (χ3v) is 8.09. The SMILES string of the molecule is CCC(C)c1ccccc1OCCn1cc(C=C2C(=N)N3N=C(c4cccnc4)SC3=NC2=O)c2ccccc21. The number of nitrogens with one attached hydrogen (secondary N) is 1. The van der Waals surface area contributed by atoms with Crippen molar-refractivity contribution in [1.82, 2.24) is 14.6 Å². The molecule has 40 heavy (non-hydrogen) atoms. The Balaban J connectivity index is 1.26. The second-order valence-corrected chi connectivity index (χ2v) is 10.6. The molecule has 2 aliphatic rings. The van der Waals surface area contributed by atoms with E-state index < -0.39 is 5.91 Å². The molecule has 2 aromatic heterocycles. The van der Waals surface area contributed by atoms with Gasteiger partial charge < -0.3 is 9.30 Å². The van der Waals surface area contributed by atoms with Crippen LogP contribution >= 0.6 is 11.8 Å². The number of carbonyl (C=O) groups is 1. The lowest BCUT2D eigenvalue weighted by molar-refractivity contribution is -0.114.